The normalized spacial score (nSPS) is 32.5. The summed E-state index contributed by atoms with van der Waals surface area (Å²) in [7, 11) is 0. The number of carbonyl (C=O) groups is 2. The minimum atomic E-state index is -0.0137. The molecule has 0 spiro atoms. The molecule has 1 aromatic carbocycles. The number of benzene rings is 1. The van der Waals surface area contributed by atoms with Crippen molar-refractivity contribution >= 4 is 12.2 Å². The lowest BCUT2D eigenvalue weighted by atomic mass is 9.53. The Hall–Kier alpha value is -1.84. The molecule has 134 valence electrons. The average Bonchev–Trinajstić information content (AvgIpc) is 2.51. The van der Waals surface area contributed by atoms with E-state index < -0.39 is 0 Å². The first-order valence-corrected chi connectivity index (χ1v) is 9.46. The van der Waals surface area contributed by atoms with E-state index in [2.05, 4.69) is 5.32 Å². The van der Waals surface area contributed by atoms with Crippen molar-refractivity contribution in [2.75, 3.05) is 6.61 Å². The summed E-state index contributed by atoms with van der Waals surface area (Å²) in [4.78, 5) is 23.5. The zero-order valence-electron chi connectivity index (χ0n) is 15.1. The molecule has 0 aliphatic heterocycles. The number of ether oxygens (including phenoxy) is 1. The van der Waals surface area contributed by atoms with Crippen molar-refractivity contribution in [1.29, 1.82) is 0 Å². The SMILES string of the molecule is Cc1cc(C=O)cc(C)c1OCC(=O)NC12CC3CC(CC(C3)C1)C2. The van der Waals surface area contributed by atoms with Crippen molar-refractivity contribution in [3.05, 3.63) is 28.8 Å². The van der Waals surface area contributed by atoms with Crippen LogP contribution >= 0.6 is 0 Å². The zero-order valence-corrected chi connectivity index (χ0v) is 15.1. The fourth-order valence-corrected chi connectivity index (χ4v) is 6.01. The maximum atomic E-state index is 12.6. The largest absolute Gasteiger partial charge is 0.483 e. The lowest BCUT2D eigenvalue weighted by Crippen LogP contribution is -2.60. The molecule has 1 N–H and O–H groups in total. The Bertz CT molecular complexity index is 651. The Morgan fingerprint density at radius 2 is 1.64 bits per heavy atom. The number of hydrogen-bond acceptors (Lipinski definition) is 3. The van der Waals surface area contributed by atoms with E-state index in [1.165, 1.54) is 19.3 Å². The Labute approximate surface area is 149 Å². The van der Waals surface area contributed by atoms with Gasteiger partial charge in [0.25, 0.3) is 5.91 Å². The monoisotopic (exact) mass is 341 g/mol. The predicted molar refractivity (Wildman–Crippen MR) is 95.8 cm³/mol. The lowest BCUT2D eigenvalue weighted by Gasteiger charge is -2.56. The van der Waals surface area contributed by atoms with Gasteiger partial charge in [-0.15, -0.1) is 0 Å². The van der Waals surface area contributed by atoms with Crippen molar-refractivity contribution in [3.63, 3.8) is 0 Å². The van der Waals surface area contributed by atoms with Gasteiger partial charge < -0.3 is 10.1 Å². The van der Waals surface area contributed by atoms with Crippen LogP contribution in [0.3, 0.4) is 0 Å². The van der Waals surface area contributed by atoms with E-state index in [9.17, 15) is 9.59 Å². The summed E-state index contributed by atoms with van der Waals surface area (Å²) in [5.74, 6) is 3.14. The fraction of sp³-hybridized carbons (Fsp3) is 0.619. The minimum Gasteiger partial charge on any atom is -0.483 e. The Morgan fingerprint density at radius 1 is 1.12 bits per heavy atom. The number of aryl methyl sites for hydroxylation is 2. The molecule has 1 amide bonds. The topological polar surface area (TPSA) is 55.4 Å². The molecule has 4 saturated carbocycles. The first-order valence-electron chi connectivity index (χ1n) is 9.46. The third-order valence-electron chi connectivity index (χ3n) is 6.41. The summed E-state index contributed by atoms with van der Waals surface area (Å²) in [5.41, 5.74) is 2.45. The van der Waals surface area contributed by atoms with E-state index in [-0.39, 0.29) is 18.1 Å². The quantitative estimate of drug-likeness (QED) is 0.833. The van der Waals surface area contributed by atoms with Crippen LogP contribution in [-0.4, -0.2) is 24.3 Å². The van der Waals surface area contributed by atoms with Gasteiger partial charge in [-0.3, -0.25) is 9.59 Å². The van der Waals surface area contributed by atoms with Gasteiger partial charge in [0.15, 0.2) is 6.61 Å². The van der Waals surface area contributed by atoms with E-state index in [0.29, 0.717) is 11.3 Å². The molecule has 4 heteroatoms. The van der Waals surface area contributed by atoms with E-state index in [1.807, 2.05) is 13.8 Å². The summed E-state index contributed by atoms with van der Waals surface area (Å²) >= 11 is 0. The first-order chi connectivity index (χ1) is 12.0. The summed E-state index contributed by atoms with van der Waals surface area (Å²) in [6, 6.07) is 3.60. The summed E-state index contributed by atoms with van der Waals surface area (Å²) < 4.78 is 5.81. The number of nitrogens with one attached hydrogen (secondary N) is 1. The smallest absolute Gasteiger partial charge is 0.258 e. The molecule has 4 bridgehead atoms. The highest BCUT2D eigenvalue weighted by Crippen LogP contribution is 2.55. The minimum absolute atomic E-state index is 0.0137. The number of carbonyl (C=O) groups excluding carboxylic acids is 2. The van der Waals surface area contributed by atoms with Gasteiger partial charge in [-0.1, -0.05) is 0 Å². The van der Waals surface area contributed by atoms with Crippen LogP contribution in [0.25, 0.3) is 0 Å². The molecule has 4 aliphatic rings. The average molecular weight is 341 g/mol. The second-order valence-corrected chi connectivity index (χ2v) is 8.64. The van der Waals surface area contributed by atoms with Crippen LogP contribution in [0.4, 0.5) is 0 Å². The second-order valence-electron chi connectivity index (χ2n) is 8.64. The highest BCUT2D eigenvalue weighted by Gasteiger charge is 2.51. The van der Waals surface area contributed by atoms with E-state index in [1.54, 1.807) is 12.1 Å². The molecular weight excluding hydrogens is 314 g/mol. The van der Waals surface area contributed by atoms with Gasteiger partial charge in [0.2, 0.25) is 0 Å². The van der Waals surface area contributed by atoms with Gasteiger partial charge in [0.1, 0.15) is 12.0 Å². The molecule has 4 nitrogen and oxygen atoms in total. The molecule has 4 aliphatic carbocycles. The second kappa shape index (κ2) is 6.15. The van der Waals surface area contributed by atoms with Crippen LogP contribution in [0, 0.1) is 31.6 Å². The van der Waals surface area contributed by atoms with Gasteiger partial charge in [0.05, 0.1) is 0 Å². The van der Waals surface area contributed by atoms with Crippen LogP contribution in [0.1, 0.15) is 60.0 Å². The molecule has 0 aromatic heterocycles. The van der Waals surface area contributed by atoms with Crippen LogP contribution in [0.15, 0.2) is 12.1 Å². The molecule has 0 heterocycles. The fourth-order valence-electron chi connectivity index (χ4n) is 6.01. The molecule has 0 unspecified atom stereocenters. The van der Waals surface area contributed by atoms with E-state index >= 15 is 0 Å². The van der Waals surface area contributed by atoms with Crippen molar-refractivity contribution in [2.24, 2.45) is 17.8 Å². The standard InChI is InChI=1S/C21H27NO3/c1-13-3-18(11-23)4-14(2)20(13)25-12-19(24)22-21-8-15-5-16(9-21)7-17(6-15)10-21/h3-4,11,15-17H,5-10,12H2,1-2H3,(H,22,24). The Morgan fingerprint density at radius 3 is 2.12 bits per heavy atom. The van der Waals surface area contributed by atoms with E-state index in [4.69, 9.17) is 4.74 Å². The highest BCUT2D eigenvalue weighted by molar-refractivity contribution is 5.79. The van der Waals surface area contributed by atoms with Crippen molar-refractivity contribution in [1.82, 2.24) is 5.32 Å². The van der Waals surface area contributed by atoms with Crippen molar-refractivity contribution < 1.29 is 14.3 Å². The molecule has 1 aromatic rings. The summed E-state index contributed by atoms with van der Waals surface area (Å²) in [6.45, 7) is 3.86. The molecule has 0 atom stereocenters. The molecule has 5 rings (SSSR count). The van der Waals surface area contributed by atoms with Gasteiger partial charge >= 0.3 is 0 Å². The number of amides is 1. The third kappa shape index (κ3) is 3.19. The van der Waals surface area contributed by atoms with Gasteiger partial charge in [-0.25, -0.2) is 0 Å². The predicted octanol–water partition coefficient (Wildman–Crippen LogP) is 3.58. The van der Waals surface area contributed by atoms with Gasteiger partial charge in [-0.2, -0.15) is 0 Å². The van der Waals surface area contributed by atoms with Gasteiger partial charge in [-0.05, 0) is 93.4 Å². The molecule has 25 heavy (non-hydrogen) atoms. The maximum Gasteiger partial charge on any atom is 0.258 e. The maximum absolute atomic E-state index is 12.6. The number of aldehydes is 1. The summed E-state index contributed by atoms with van der Waals surface area (Å²) in [5, 5.41) is 3.34. The molecule has 0 saturated heterocycles. The Balaban J connectivity index is 1.40. The zero-order chi connectivity index (χ0) is 17.6. The van der Waals surface area contributed by atoms with Crippen molar-refractivity contribution in [2.45, 2.75) is 57.9 Å². The first kappa shape index (κ1) is 16.6. The van der Waals surface area contributed by atoms with Crippen molar-refractivity contribution in [3.8, 4) is 5.75 Å². The number of hydrogen-bond donors (Lipinski definition) is 1. The van der Waals surface area contributed by atoms with Crippen LogP contribution in [0.5, 0.6) is 5.75 Å². The highest BCUT2D eigenvalue weighted by atomic mass is 16.5. The van der Waals surface area contributed by atoms with Crippen LogP contribution in [0.2, 0.25) is 0 Å². The third-order valence-corrected chi connectivity index (χ3v) is 6.41. The summed E-state index contributed by atoms with van der Waals surface area (Å²) in [6.07, 6.45) is 8.39. The van der Waals surface area contributed by atoms with Crippen LogP contribution in [-0.2, 0) is 4.79 Å². The van der Waals surface area contributed by atoms with Crippen LogP contribution < -0.4 is 10.1 Å². The number of rotatable bonds is 5. The van der Waals surface area contributed by atoms with E-state index in [0.717, 1.165) is 54.4 Å². The Kier molecular flexibility index (Phi) is 4.09. The molecule has 0 radical (unpaired) electrons. The molecular formula is C21H27NO3. The van der Waals surface area contributed by atoms with Gasteiger partial charge in [0, 0.05) is 11.1 Å². The lowest BCUT2D eigenvalue weighted by molar-refractivity contribution is -0.128. The molecule has 4 fully saturated rings.